The fourth-order valence-corrected chi connectivity index (χ4v) is 2.31. The maximum atomic E-state index is 12.0. The molecule has 2 rings (SSSR count). The van der Waals surface area contributed by atoms with Gasteiger partial charge in [-0.1, -0.05) is 22.0 Å². The van der Waals surface area contributed by atoms with Crippen molar-refractivity contribution >= 4 is 38.8 Å². The highest BCUT2D eigenvalue weighted by Crippen LogP contribution is 2.30. The smallest absolute Gasteiger partial charge is 0.374 e. The second-order valence-electron chi connectivity index (χ2n) is 4.38. The Labute approximate surface area is 136 Å². The van der Waals surface area contributed by atoms with Crippen molar-refractivity contribution < 1.29 is 23.5 Å². The normalized spacial score (nSPS) is 11.0. The molecule has 0 aliphatic heterocycles. The third kappa shape index (κ3) is 3.57. The molecule has 116 valence electrons. The van der Waals surface area contributed by atoms with Crippen LogP contribution in [0, 0.1) is 0 Å². The molecule has 0 amide bonds. The SMILES string of the molecule is C/C=C/C(=O)OCc1c(C(=O)OCC)oc2ccc(Br)cc12. The van der Waals surface area contributed by atoms with Crippen LogP contribution in [-0.4, -0.2) is 18.5 Å². The van der Waals surface area contributed by atoms with Crippen LogP contribution >= 0.6 is 15.9 Å². The number of allylic oxidation sites excluding steroid dienone is 1. The summed E-state index contributed by atoms with van der Waals surface area (Å²) in [4.78, 5) is 23.5. The topological polar surface area (TPSA) is 65.7 Å². The Kier molecular flexibility index (Phi) is 5.38. The molecule has 0 saturated carbocycles. The van der Waals surface area contributed by atoms with Gasteiger partial charge in [-0.2, -0.15) is 0 Å². The number of hydrogen-bond acceptors (Lipinski definition) is 5. The molecule has 0 aliphatic rings. The zero-order valence-electron chi connectivity index (χ0n) is 12.2. The fourth-order valence-electron chi connectivity index (χ4n) is 1.95. The molecule has 0 saturated heterocycles. The Hall–Kier alpha value is -2.08. The van der Waals surface area contributed by atoms with Gasteiger partial charge in [-0.15, -0.1) is 0 Å². The van der Waals surface area contributed by atoms with Crippen LogP contribution in [0.15, 0.2) is 39.2 Å². The minimum absolute atomic E-state index is 0.0585. The van der Waals surface area contributed by atoms with E-state index in [2.05, 4.69) is 15.9 Å². The lowest BCUT2D eigenvalue weighted by Crippen LogP contribution is -2.08. The van der Waals surface area contributed by atoms with E-state index in [0.29, 0.717) is 16.5 Å². The maximum absolute atomic E-state index is 12.0. The van der Waals surface area contributed by atoms with Gasteiger partial charge in [0, 0.05) is 15.9 Å². The molecule has 6 heteroatoms. The van der Waals surface area contributed by atoms with Gasteiger partial charge in [-0.25, -0.2) is 9.59 Å². The predicted molar refractivity (Wildman–Crippen MR) is 84.5 cm³/mol. The van der Waals surface area contributed by atoms with Crippen molar-refractivity contribution in [3.8, 4) is 0 Å². The summed E-state index contributed by atoms with van der Waals surface area (Å²) in [6.07, 6.45) is 2.89. The summed E-state index contributed by atoms with van der Waals surface area (Å²) in [7, 11) is 0. The lowest BCUT2D eigenvalue weighted by molar-refractivity contribution is -0.139. The molecule has 1 heterocycles. The summed E-state index contributed by atoms with van der Waals surface area (Å²) in [5.41, 5.74) is 1.02. The lowest BCUT2D eigenvalue weighted by atomic mass is 10.1. The molecule has 0 bridgehead atoms. The van der Waals surface area contributed by atoms with Gasteiger partial charge in [0.1, 0.15) is 12.2 Å². The number of esters is 2. The van der Waals surface area contributed by atoms with E-state index in [1.165, 1.54) is 6.08 Å². The predicted octanol–water partition coefficient (Wildman–Crippen LogP) is 3.99. The highest BCUT2D eigenvalue weighted by Gasteiger charge is 2.22. The van der Waals surface area contributed by atoms with Gasteiger partial charge in [0.25, 0.3) is 0 Å². The molecule has 2 aromatic rings. The third-order valence-corrected chi connectivity index (χ3v) is 3.37. The standard InChI is InChI=1S/C16H15BrO5/c1-3-5-14(18)21-9-12-11-8-10(17)6-7-13(11)22-15(12)16(19)20-4-2/h3,5-8H,4,9H2,1-2H3/b5-3+. The third-order valence-electron chi connectivity index (χ3n) is 2.88. The Morgan fingerprint density at radius 1 is 1.32 bits per heavy atom. The van der Waals surface area contributed by atoms with Crippen molar-refractivity contribution in [1.82, 2.24) is 0 Å². The van der Waals surface area contributed by atoms with E-state index in [0.717, 1.165) is 4.47 Å². The van der Waals surface area contributed by atoms with Crippen LogP contribution in [-0.2, 0) is 20.9 Å². The fraction of sp³-hybridized carbons (Fsp3) is 0.250. The zero-order valence-corrected chi connectivity index (χ0v) is 13.8. The summed E-state index contributed by atoms with van der Waals surface area (Å²) in [5, 5.41) is 0.700. The van der Waals surface area contributed by atoms with Gasteiger partial charge in [0.05, 0.1) is 12.2 Å². The molecule has 0 atom stereocenters. The Bertz CT molecular complexity index is 729. The number of furan rings is 1. The van der Waals surface area contributed by atoms with Crippen LogP contribution in [0.3, 0.4) is 0 Å². The molecule has 1 aromatic heterocycles. The van der Waals surface area contributed by atoms with E-state index in [1.807, 2.05) is 0 Å². The van der Waals surface area contributed by atoms with E-state index in [9.17, 15) is 9.59 Å². The second-order valence-corrected chi connectivity index (χ2v) is 5.29. The van der Waals surface area contributed by atoms with Gasteiger partial charge in [-0.05, 0) is 32.0 Å². The van der Waals surface area contributed by atoms with Gasteiger partial charge in [-0.3, -0.25) is 0 Å². The van der Waals surface area contributed by atoms with Crippen LogP contribution in [0.4, 0.5) is 0 Å². The first kappa shape index (κ1) is 16.3. The van der Waals surface area contributed by atoms with Crippen molar-refractivity contribution in [2.45, 2.75) is 20.5 Å². The summed E-state index contributed by atoms with van der Waals surface area (Å²) in [6.45, 7) is 3.59. The van der Waals surface area contributed by atoms with E-state index in [1.54, 1.807) is 38.1 Å². The number of hydrogen-bond donors (Lipinski definition) is 0. The number of carbonyl (C=O) groups is 2. The second kappa shape index (κ2) is 7.26. The molecule has 0 fully saturated rings. The zero-order chi connectivity index (χ0) is 16.1. The molecular weight excluding hydrogens is 352 g/mol. The molecular formula is C16H15BrO5. The van der Waals surface area contributed by atoms with Crippen molar-refractivity contribution in [1.29, 1.82) is 0 Å². The van der Waals surface area contributed by atoms with Crippen LogP contribution in [0.25, 0.3) is 11.0 Å². The van der Waals surface area contributed by atoms with Gasteiger partial charge >= 0.3 is 11.9 Å². The molecule has 22 heavy (non-hydrogen) atoms. The maximum Gasteiger partial charge on any atom is 0.374 e. The van der Waals surface area contributed by atoms with E-state index < -0.39 is 11.9 Å². The minimum atomic E-state index is -0.577. The summed E-state index contributed by atoms with van der Waals surface area (Å²) >= 11 is 3.37. The summed E-state index contributed by atoms with van der Waals surface area (Å²) in [5.74, 6) is -1.00. The number of carbonyl (C=O) groups excluding carboxylic acids is 2. The van der Waals surface area contributed by atoms with Crippen molar-refractivity contribution in [2.75, 3.05) is 6.61 Å². The quantitative estimate of drug-likeness (QED) is 0.591. The van der Waals surface area contributed by atoms with Gasteiger partial charge in [0.15, 0.2) is 0 Å². The Morgan fingerprint density at radius 3 is 2.77 bits per heavy atom. The molecule has 0 N–H and O–H groups in total. The van der Waals surface area contributed by atoms with Gasteiger partial charge < -0.3 is 13.9 Å². The highest BCUT2D eigenvalue weighted by molar-refractivity contribution is 9.10. The molecule has 0 unspecified atom stereocenters. The van der Waals surface area contributed by atoms with Crippen LogP contribution in [0.1, 0.15) is 30.0 Å². The van der Waals surface area contributed by atoms with E-state index in [4.69, 9.17) is 13.9 Å². The van der Waals surface area contributed by atoms with Crippen molar-refractivity contribution in [3.63, 3.8) is 0 Å². The monoisotopic (exact) mass is 366 g/mol. The summed E-state index contributed by atoms with van der Waals surface area (Å²) in [6, 6.07) is 5.34. The molecule has 1 aromatic carbocycles. The Balaban J connectivity index is 2.42. The van der Waals surface area contributed by atoms with Crippen LogP contribution in [0.2, 0.25) is 0 Å². The number of ether oxygens (including phenoxy) is 2. The Morgan fingerprint density at radius 2 is 2.09 bits per heavy atom. The first-order chi connectivity index (χ1) is 10.6. The average molecular weight is 367 g/mol. The van der Waals surface area contributed by atoms with Crippen LogP contribution in [0.5, 0.6) is 0 Å². The molecule has 0 aliphatic carbocycles. The van der Waals surface area contributed by atoms with Gasteiger partial charge in [0.2, 0.25) is 5.76 Å². The number of benzene rings is 1. The van der Waals surface area contributed by atoms with Crippen molar-refractivity contribution in [2.24, 2.45) is 0 Å². The van der Waals surface area contributed by atoms with E-state index >= 15 is 0 Å². The number of rotatable bonds is 5. The lowest BCUT2D eigenvalue weighted by Gasteiger charge is -2.04. The number of halogens is 1. The van der Waals surface area contributed by atoms with Crippen molar-refractivity contribution in [3.05, 3.63) is 46.1 Å². The molecule has 0 radical (unpaired) electrons. The first-order valence-corrected chi connectivity index (χ1v) is 7.53. The molecule has 0 spiro atoms. The van der Waals surface area contributed by atoms with E-state index in [-0.39, 0.29) is 19.0 Å². The average Bonchev–Trinajstić information content (AvgIpc) is 2.83. The first-order valence-electron chi connectivity index (χ1n) is 6.74. The number of fused-ring (bicyclic) bond motifs is 1. The highest BCUT2D eigenvalue weighted by atomic mass is 79.9. The largest absolute Gasteiger partial charge is 0.460 e. The molecule has 5 nitrogen and oxygen atoms in total. The van der Waals surface area contributed by atoms with Crippen LogP contribution < -0.4 is 0 Å². The minimum Gasteiger partial charge on any atom is -0.460 e. The summed E-state index contributed by atoms with van der Waals surface area (Å²) < 4.78 is 16.5.